The Bertz CT molecular complexity index is 542. The van der Waals surface area contributed by atoms with E-state index in [4.69, 9.17) is 0 Å². The average molecular weight is 320 g/mol. The van der Waals surface area contributed by atoms with Gasteiger partial charge in [0.2, 0.25) is 0 Å². The van der Waals surface area contributed by atoms with E-state index in [9.17, 15) is 0 Å². The molecule has 1 aromatic carbocycles. The minimum Gasteiger partial charge on any atom is -0.370 e. The van der Waals surface area contributed by atoms with Crippen molar-refractivity contribution in [2.24, 2.45) is 0 Å². The van der Waals surface area contributed by atoms with Crippen molar-refractivity contribution in [2.45, 2.75) is 13.5 Å². The third-order valence-electron chi connectivity index (χ3n) is 2.79. The fourth-order valence-electron chi connectivity index (χ4n) is 1.91. The van der Waals surface area contributed by atoms with Crippen LogP contribution in [0.15, 0.2) is 46.9 Å². The minimum atomic E-state index is 0.835. The van der Waals surface area contributed by atoms with Gasteiger partial charge in [0, 0.05) is 24.6 Å². The summed E-state index contributed by atoms with van der Waals surface area (Å²) in [5.74, 6) is 1.89. The van der Waals surface area contributed by atoms with E-state index in [2.05, 4.69) is 63.3 Å². The van der Waals surface area contributed by atoms with Crippen LogP contribution in [-0.2, 0) is 6.54 Å². The number of nitrogens with zero attached hydrogens (tertiary/aromatic N) is 2. The second-order valence-corrected chi connectivity index (χ2v) is 5.31. The number of anilines is 2. The van der Waals surface area contributed by atoms with Crippen LogP contribution in [0.25, 0.3) is 0 Å². The zero-order valence-corrected chi connectivity index (χ0v) is 12.8. The van der Waals surface area contributed by atoms with Gasteiger partial charge in [0.15, 0.2) is 0 Å². The predicted octanol–water partition coefficient (Wildman–Crippen LogP) is 3.91. The lowest BCUT2D eigenvalue weighted by Crippen LogP contribution is -2.18. The topological polar surface area (TPSA) is 28.2 Å². The largest absolute Gasteiger partial charge is 0.370 e. The maximum absolute atomic E-state index is 4.58. The van der Waals surface area contributed by atoms with Gasteiger partial charge in [-0.25, -0.2) is 4.98 Å². The van der Waals surface area contributed by atoms with Gasteiger partial charge in [0.25, 0.3) is 0 Å². The summed E-state index contributed by atoms with van der Waals surface area (Å²) in [5, 5.41) is 3.23. The summed E-state index contributed by atoms with van der Waals surface area (Å²) < 4.78 is 1.10. The van der Waals surface area contributed by atoms with Crippen molar-refractivity contribution >= 4 is 27.6 Å². The van der Waals surface area contributed by atoms with Gasteiger partial charge in [-0.15, -0.1) is 0 Å². The van der Waals surface area contributed by atoms with E-state index in [1.165, 1.54) is 5.56 Å². The van der Waals surface area contributed by atoms with Crippen LogP contribution in [0.4, 0.5) is 11.6 Å². The SMILES string of the molecule is CCNc1cccc(N(C)Cc2cccc(Br)c2)n1. The van der Waals surface area contributed by atoms with E-state index in [1.54, 1.807) is 0 Å². The molecule has 0 radical (unpaired) electrons. The molecule has 4 heteroatoms. The molecule has 0 aliphatic carbocycles. The van der Waals surface area contributed by atoms with Crippen LogP contribution in [-0.4, -0.2) is 18.6 Å². The molecular formula is C15H18BrN3. The fraction of sp³-hybridized carbons (Fsp3) is 0.267. The third-order valence-corrected chi connectivity index (χ3v) is 3.29. The molecule has 0 saturated heterocycles. The monoisotopic (exact) mass is 319 g/mol. The molecule has 2 rings (SSSR count). The molecule has 0 aliphatic rings. The molecule has 2 aromatic rings. The smallest absolute Gasteiger partial charge is 0.130 e. The number of halogens is 1. The van der Waals surface area contributed by atoms with Gasteiger partial charge in [0.1, 0.15) is 11.6 Å². The molecule has 100 valence electrons. The summed E-state index contributed by atoms with van der Waals surface area (Å²) in [6.45, 7) is 3.79. The Morgan fingerprint density at radius 3 is 2.74 bits per heavy atom. The first-order valence-electron chi connectivity index (χ1n) is 6.35. The van der Waals surface area contributed by atoms with E-state index >= 15 is 0 Å². The van der Waals surface area contributed by atoms with Gasteiger partial charge >= 0.3 is 0 Å². The summed E-state index contributed by atoms with van der Waals surface area (Å²) >= 11 is 3.50. The molecule has 0 unspecified atom stereocenters. The maximum atomic E-state index is 4.58. The van der Waals surface area contributed by atoms with Crippen LogP contribution in [0.3, 0.4) is 0 Å². The number of benzene rings is 1. The number of pyridine rings is 1. The Kier molecular flexibility index (Phi) is 4.80. The summed E-state index contributed by atoms with van der Waals surface area (Å²) in [6, 6.07) is 14.4. The average Bonchev–Trinajstić information content (AvgIpc) is 2.39. The van der Waals surface area contributed by atoms with E-state index < -0.39 is 0 Å². The van der Waals surface area contributed by atoms with Crippen molar-refractivity contribution in [1.82, 2.24) is 4.98 Å². The molecule has 0 aliphatic heterocycles. The lowest BCUT2D eigenvalue weighted by Gasteiger charge is -2.19. The molecule has 0 amide bonds. The standard InChI is InChI=1S/C15H18BrN3/c1-3-17-14-8-5-9-15(18-14)19(2)11-12-6-4-7-13(16)10-12/h4-10H,3,11H2,1-2H3,(H,17,18). The summed E-state index contributed by atoms with van der Waals surface area (Å²) in [6.07, 6.45) is 0. The first-order chi connectivity index (χ1) is 9.19. The molecule has 0 fully saturated rings. The summed E-state index contributed by atoms with van der Waals surface area (Å²) in [7, 11) is 2.05. The molecule has 1 N–H and O–H groups in total. The van der Waals surface area contributed by atoms with Crippen molar-refractivity contribution in [1.29, 1.82) is 0 Å². The fourth-order valence-corrected chi connectivity index (χ4v) is 2.35. The van der Waals surface area contributed by atoms with Crippen LogP contribution in [0.5, 0.6) is 0 Å². The normalized spacial score (nSPS) is 10.3. The number of aromatic nitrogens is 1. The minimum absolute atomic E-state index is 0.835. The van der Waals surface area contributed by atoms with Gasteiger partial charge in [-0.3, -0.25) is 0 Å². The van der Waals surface area contributed by atoms with Crippen LogP contribution in [0, 0.1) is 0 Å². The lowest BCUT2D eigenvalue weighted by atomic mass is 10.2. The Morgan fingerprint density at radius 1 is 1.21 bits per heavy atom. The highest BCUT2D eigenvalue weighted by Crippen LogP contribution is 2.17. The van der Waals surface area contributed by atoms with Gasteiger partial charge in [-0.2, -0.15) is 0 Å². The van der Waals surface area contributed by atoms with Crippen molar-refractivity contribution in [3.63, 3.8) is 0 Å². The number of hydrogen-bond acceptors (Lipinski definition) is 3. The van der Waals surface area contributed by atoms with Crippen molar-refractivity contribution in [3.8, 4) is 0 Å². The maximum Gasteiger partial charge on any atom is 0.130 e. The number of nitrogens with one attached hydrogen (secondary N) is 1. The Hall–Kier alpha value is -1.55. The molecule has 0 bridgehead atoms. The summed E-state index contributed by atoms with van der Waals surface area (Å²) in [4.78, 5) is 6.73. The zero-order valence-electron chi connectivity index (χ0n) is 11.2. The first-order valence-corrected chi connectivity index (χ1v) is 7.15. The van der Waals surface area contributed by atoms with Gasteiger partial charge in [-0.05, 0) is 36.8 Å². The second-order valence-electron chi connectivity index (χ2n) is 4.40. The quantitative estimate of drug-likeness (QED) is 0.905. The van der Waals surface area contributed by atoms with Gasteiger partial charge < -0.3 is 10.2 Å². The Balaban J connectivity index is 2.11. The van der Waals surface area contributed by atoms with E-state index in [-0.39, 0.29) is 0 Å². The van der Waals surface area contributed by atoms with Crippen LogP contribution in [0.2, 0.25) is 0 Å². The molecule has 19 heavy (non-hydrogen) atoms. The predicted molar refractivity (Wildman–Crippen MR) is 84.6 cm³/mol. The molecule has 1 heterocycles. The highest BCUT2D eigenvalue weighted by atomic mass is 79.9. The van der Waals surface area contributed by atoms with E-state index in [0.717, 1.165) is 29.2 Å². The van der Waals surface area contributed by atoms with Crippen molar-refractivity contribution in [2.75, 3.05) is 23.8 Å². The van der Waals surface area contributed by atoms with Crippen molar-refractivity contribution in [3.05, 3.63) is 52.5 Å². The molecule has 1 aromatic heterocycles. The van der Waals surface area contributed by atoms with Crippen molar-refractivity contribution < 1.29 is 0 Å². The van der Waals surface area contributed by atoms with E-state index in [1.807, 2.05) is 24.3 Å². The third kappa shape index (κ3) is 3.96. The number of rotatable bonds is 5. The number of hydrogen-bond donors (Lipinski definition) is 1. The molecule has 0 atom stereocenters. The van der Waals surface area contributed by atoms with Crippen LogP contribution in [0.1, 0.15) is 12.5 Å². The van der Waals surface area contributed by atoms with Gasteiger partial charge in [0.05, 0.1) is 0 Å². The van der Waals surface area contributed by atoms with Gasteiger partial charge in [-0.1, -0.05) is 34.1 Å². The second kappa shape index (κ2) is 6.57. The molecule has 0 spiro atoms. The van der Waals surface area contributed by atoms with Crippen LogP contribution >= 0.6 is 15.9 Å². The first kappa shape index (κ1) is 13.9. The highest BCUT2D eigenvalue weighted by Gasteiger charge is 2.04. The molecule has 0 saturated carbocycles. The lowest BCUT2D eigenvalue weighted by molar-refractivity contribution is 0.897. The molecule has 3 nitrogen and oxygen atoms in total. The van der Waals surface area contributed by atoms with E-state index in [0.29, 0.717) is 0 Å². The Morgan fingerprint density at radius 2 is 2.00 bits per heavy atom. The highest BCUT2D eigenvalue weighted by molar-refractivity contribution is 9.10. The molecular weight excluding hydrogens is 302 g/mol. The van der Waals surface area contributed by atoms with Crippen LogP contribution < -0.4 is 10.2 Å². The zero-order chi connectivity index (χ0) is 13.7. The Labute approximate surface area is 122 Å². The summed E-state index contributed by atoms with van der Waals surface area (Å²) in [5.41, 5.74) is 1.26.